The van der Waals surface area contributed by atoms with Gasteiger partial charge in [-0.05, 0) is 12.3 Å². The van der Waals surface area contributed by atoms with E-state index in [1.54, 1.807) is 11.3 Å². The van der Waals surface area contributed by atoms with E-state index in [-0.39, 0.29) is 0 Å². The number of nitrogens with zero attached hydrogens (tertiary/aromatic N) is 1. The van der Waals surface area contributed by atoms with Crippen LogP contribution in [0.2, 0.25) is 0 Å². The Labute approximate surface area is 64.4 Å². The minimum absolute atomic E-state index is 0.737. The van der Waals surface area contributed by atoms with Gasteiger partial charge in [0, 0.05) is 17.0 Å². The molecule has 2 heteroatoms. The molecule has 2 atom stereocenters. The molecule has 0 N–H and O–H groups in total. The highest BCUT2D eigenvalue weighted by atomic mass is 32.1. The maximum atomic E-state index is 4.04. The molecule has 1 saturated carbocycles. The lowest BCUT2D eigenvalue weighted by molar-refractivity contribution is 1.03. The van der Waals surface area contributed by atoms with Crippen LogP contribution >= 0.6 is 11.3 Å². The molecule has 1 aromatic heterocycles. The highest BCUT2D eigenvalue weighted by Crippen LogP contribution is 2.49. The van der Waals surface area contributed by atoms with Crippen molar-refractivity contribution in [3.63, 3.8) is 0 Å². The van der Waals surface area contributed by atoms with Crippen LogP contribution in [-0.4, -0.2) is 4.98 Å². The minimum atomic E-state index is 0.737. The van der Waals surface area contributed by atoms with Crippen molar-refractivity contribution in [2.45, 2.75) is 12.3 Å². The van der Waals surface area contributed by atoms with Crippen LogP contribution in [0, 0.1) is 5.92 Å². The summed E-state index contributed by atoms with van der Waals surface area (Å²) in [6.07, 6.45) is 5.30. The molecule has 1 fully saturated rings. The van der Waals surface area contributed by atoms with E-state index in [2.05, 4.69) is 11.6 Å². The first kappa shape index (κ1) is 6.10. The van der Waals surface area contributed by atoms with Gasteiger partial charge in [-0.1, -0.05) is 6.08 Å². The number of hydrogen-bond acceptors (Lipinski definition) is 2. The molecule has 1 aliphatic carbocycles. The molecule has 0 bridgehead atoms. The third-order valence-electron chi connectivity index (χ3n) is 1.96. The average molecular weight is 151 g/mol. The van der Waals surface area contributed by atoms with Gasteiger partial charge < -0.3 is 0 Å². The Morgan fingerprint density at radius 2 is 2.70 bits per heavy atom. The van der Waals surface area contributed by atoms with Crippen molar-refractivity contribution in [3.05, 3.63) is 29.2 Å². The molecule has 0 spiro atoms. The fourth-order valence-electron chi connectivity index (χ4n) is 1.21. The molecule has 52 valence electrons. The monoisotopic (exact) mass is 151 g/mol. The first-order chi connectivity index (χ1) is 4.92. The van der Waals surface area contributed by atoms with Gasteiger partial charge in [0.25, 0.3) is 0 Å². The molecule has 1 aromatic rings. The maximum Gasteiger partial charge on any atom is 0.0794 e. The van der Waals surface area contributed by atoms with Crippen molar-refractivity contribution in [2.75, 3.05) is 0 Å². The molecule has 1 aliphatic rings. The summed E-state index contributed by atoms with van der Waals surface area (Å²) in [4.78, 5) is 5.46. The molecule has 0 amide bonds. The molecular formula is C8H9NS. The first-order valence-electron chi connectivity index (χ1n) is 3.42. The van der Waals surface area contributed by atoms with Crippen LogP contribution in [-0.2, 0) is 0 Å². The summed E-state index contributed by atoms with van der Waals surface area (Å²) in [5.41, 5.74) is 1.90. The van der Waals surface area contributed by atoms with E-state index in [1.807, 2.05) is 17.8 Å². The zero-order valence-corrected chi connectivity index (χ0v) is 6.47. The van der Waals surface area contributed by atoms with E-state index in [0.717, 1.165) is 11.8 Å². The molecule has 1 heterocycles. The second kappa shape index (κ2) is 2.20. The molecular weight excluding hydrogens is 142 g/mol. The maximum absolute atomic E-state index is 4.04. The van der Waals surface area contributed by atoms with Crippen LogP contribution < -0.4 is 0 Å². The Bertz CT molecular complexity index is 227. The fraction of sp³-hybridized carbons (Fsp3) is 0.375. The second-order valence-electron chi connectivity index (χ2n) is 2.65. The van der Waals surface area contributed by atoms with E-state index in [1.165, 1.54) is 11.3 Å². The molecule has 0 unspecified atom stereocenters. The summed E-state index contributed by atoms with van der Waals surface area (Å²) in [7, 11) is 0. The Kier molecular flexibility index (Phi) is 1.34. The van der Waals surface area contributed by atoms with Gasteiger partial charge >= 0.3 is 0 Å². The van der Waals surface area contributed by atoms with Crippen LogP contribution in [0.15, 0.2) is 24.4 Å². The van der Waals surface area contributed by atoms with E-state index in [4.69, 9.17) is 0 Å². The largest absolute Gasteiger partial charge is 0.253 e. The van der Waals surface area contributed by atoms with Crippen LogP contribution in [0.1, 0.15) is 17.2 Å². The standard InChI is InChI=1S/C8H9NS/c1-2-6-3-7(6)8-4-9-5-10-8/h2,4-7H,1,3H2/t6-,7-/m0/s1. The lowest BCUT2D eigenvalue weighted by atomic mass is 10.3. The van der Waals surface area contributed by atoms with Gasteiger partial charge in [-0.15, -0.1) is 17.9 Å². The van der Waals surface area contributed by atoms with Crippen molar-refractivity contribution in [1.29, 1.82) is 0 Å². The molecule has 0 aromatic carbocycles. The summed E-state index contributed by atoms with van der Waals surface area (Å²) in [5.74, 6) is 1.49. The van der Waals surface area contributed by atoms with Gasteiger partial charge in [-0.2, -0.15) is 0 Å². The van der Waals surface area contributed by atoms with Gasteiger partial charge in [-0.3, -0.25) is 4.98 Å². The molecule has 0 radical (unpaired) electrons. The van der Waals surface area contributed by atoms with Crippen molar-refractivity contribution in [3.8, 4) is 0 Å². The van der Waals surface area contributed by atoms with Crippen LogP contribution in [0.4, 0.5) is 0 Å². The minimum Gasteiger partial charge on any atom is -0.253 e. The smallest absolute Gasteiger partial charge is 0.0794 e. The summed E-state index contributed by atoms with van der Waals surface area (Å²) >= 11 is 1.75. The Hall–Kier alpha value is -0.630. The van der Waals surface area contributed by atoms with Gasteiger partial charge in [-0.25, -0.2) is 0 Å². The lowest BCUT2D eigenvalue weighted by Gasteiger charge is -1.85. The van der Waals surface area contributed by atoms with Crippen molar-refractivity contribution in [2.24, 2.45) is 5.92 Å². The summed E-state index contributed by atoms with van der Waals surface area (Å²) in [6, 6.07) is 0. The Morgan fingerprint density at radius 3 is 3.20 bits per heavy atom. The van der Waals surface area contributed by atoms with E-state index < -0.39 is 0 Å². The number of thiazole rings is 1. The Balaban J connectivity index is 2.11. The zero-order chi connectivity index (χ0) is 6.97. The third-order valence-corrected chi connectivity index (χ3v) is 2.87. The Morgan fingerprint density at radius 1 is 1.80 bits per heavy atom. The highest BCUT2D eigenvalue weighted by molar-refractivity contribution is 7.09. The van der Waals surface area contributed by atoms with Gasteiger partial charge in [0.05, 0.1) is 5.51 Å². The molecule has 2 rings (SSSR count). The van der Waals surface area contributed by atoms with Gasteiger partial charge in [0.15, 0.2) is 0 Å². The summed E-state index contributed by atoms with van der Waals surface area (Å²) < 4.78 is 0. The SMILES string of the molecule is C=C[C@H]1C[C@@H]1c1cncs1. The zero-order valence-electron chi connectivity index (χ0n) is 5.66. The molecule has 0 saturated heterocycles. The first-order valence-corrected chi connectivity index (χ1v) is 4.30. The summed E-state index contributed by atoms with van der Waals surface area (Å²) in [5, 5.41) is 0. The third kappa shape index (κ3) is 0.886. The van der Waals surface area contributed by atoms with E-state index >= 15 is 0 Å². The van der Waals surface area contributed by atoms with E-state index in [9.17, 15) is 0 Å². The van der Waals surface area contributed by atoms with Gasteiger partial charge in [0.2, 0.25) is 0 Å². The van der Waals surface area contributed by atoms with Crippen LogP contribution in [0.25, 0.3) is 0 Å². The van der Waals surface area contributed by atoms with Crippen LogP contribution in [0.5, 0.6) is 0 Å². The quantitative estimate of drug-likeness (QED) is 0.591. The van der Waals surface area contributed by atoms with Crippen LogP contribution in [0.3, 0.4) is 0 Å². The molecule has 10 heavy (non-hydrogen) atoms. The topological polar surface area (TPSA) is 12.9 Å². The fourth-order valence-corrected chi connectivity index (χ4v) is 2.02. The number of hydrogen-bond donors (Lipinski definition) is 0. The van der Waals surface area contributed by atoms with E-state index in [0.29, 0.717) is 0 Å². The number of allylic oxidation sites excluding steroid dienone is 1. The second-order valence-corrected chi connectivity index (χ2v) is 3.56. The number of rotatable bonds is 2. The van der Waals surface area contributed by atoms with Crippen molar-refractivity contribution in [1.82, 2.24) is 4.98 Å². The lowest BCUT2D eigenvalue weighted by Crippen LogP contribution is -1.72. The average Bonchev–Trinajstić information content (AvgIpc) is 2.56. The normalized spacial score (nSPS) is 30.0. The predicted molar refractivity (Wildman–Crippen MR) is 43.2 cm³/mol. The van der Waals surface area contributed by atoms with Crippen molar-refractivity contribution >= 4 is 11.3 Å². The van der Waals surface area contributed by atoms with Crippen molar-refractivity contribution < 1.29 is 0 Å². The highest BCUT2D eigenvalue weighted by Gasteiger charge is 2.36. The molecule has 1 nitrogen and oxygen atoms in total. The summed E-state index contributed by atoms with van der Waals surface area (Å²) in [6.45, 7) is 3.77. The van der Waals surface area contributed by atoms with Gasteiger partial charge in [0.1, 0.15) is 0 Å². The predicted octanol–water partition coefficient (Wildman–Crippen LogP) is 2.43. The number of aromatic nitrogens is 1. The molecule has 0 aliphatic heterocycles.